The summed E-state index contributed by atoms with van der Waals surface area (Å²) < 4.78 is 13.6. The van der Waals surface area contributed by atoms with E-state index in [4.69, 9.17) is 0 Å². The standard InChI is InChI=1S/C17H27FN2/c1-4-12-19-16(14-8-7-9-15(18)13-14)17(20(2)3)10-5-6-11-17/h7-9,13,16,19H,4-6,10-12H2,1-3H3. The second-order valence-corrected chi connectivity index (χ2v) is 6.15. The van der Waals surface area contributed by atoms with E-state index in [1.54, 1.807) is 6.07 Å². The number of hydrogen-bond donors (Lipinski definition) is 1. The summed E-state index contributed by atoms with van der Waals surface area (Å²) >= 11 is 0. The highest BCUT2D eigenvalue weighted by molar-refractivity contribution is 5.25. The number of likely N-dealkylation sites (N-methyl/N-ethyl adjacent to an activating group) is 1. The highest BCUT2D eigenvalue weighted by atomic mass is 19.1. The smallest absolute Gasteiger partial charge is 0.123 e. The van der Waals surface area contributed by atoms with Gasteiger partial charge < -0.3 is 10.2 Å². The summed E-state index contributed by atoms with van der Waals surface area (Å²) in [7, 11) is 4.32. The Morgan fingerprint density at radius 1 is 1.30 bits per heavy atom. The van der Waals surface area contributed by atoms with Crippen LogP contribution in [0.15, 0.2) is 24.3 Å². The van der Waals surface area contributed by atoms with Crippen molar-refractivity contribution < 1.29 is 4.39 Å². The normalized spacial score (nSPS) is 19.4. The number of halogens is 1. The van der Waals surface area contributed by atoms with E-state index in [-0.39, 0.29) is 17.4 Å². The molecule has 1 aromatic carbocycles. The van der Waals surface area contributed by atoms with Crippen molar-refractivity contribution in [3.05, 3.63) is 35.6 Å². The number of hydrogen-bond acceptors (Lipinski definition) is 2. The number of nitrogens with one attached hydrogen (secondary N) is 1. The topological polar surface area (TPSA) is 15.3 Å². The molecule has 0 aliphatic heterocycles. The van der Waals surface area contributed by atoms with E-state index in [1.165, 1.54) is 31.7 Å². The molecule has 2 rings (SSSR count). The molecule has 1 N–H and O–H groups in total. The van der Waals surface area contributed by atoms with Crippen molar-refractivity contribution in [1.82, 2.24) is 10.2 Å². The highest BCUT2D eigenvalue weighted by Crippen LogP contribution is 2.43. The third-order valence-corrected chi connectivity index (χ3v) is 4.68. The maximum absolute atomic E-state index is 13.6. The Morgan fingerprint density at radius 3 is 2.55 bits per heavy atom. The molecule has 0 bridgehead atoms. The Morgan fingerprint density at radius 2 is 2.00 bits per heavy atom. The lowest BCUT2D eigenvalue weighted by Gasteiger charge is -2.44. The molecular formula is C17H27FN2. The van der Waals surface area contributed by atoms with Crippen molar-refractivity contribution in [3.63, 3.8) is 0 Å². The fraction of sp³-hybridized carbons (Fsp3) is 0.647. The number of rotatable bonds is 6. The Bertz CT molecular complexity index is 425. The number of benzene rings is 1. The molecule has 1 unspecified atom stereocenters. The molecule has 1 aliphatic rings. The van der Waals surface area contributed by atoms with Crippen LogP contribution in [0.25, 0.3) is 0 Å². The van der Waals surface area contributed by atoms with Crippen LogP contribution < -0.4 is 5.32 Å². The van der Waals surface area contributed by atoms with Crippen molar-refractivity contribution in [3.8, 4) is 0 Å². The average Bonchev–Trinajstić information content (AvgIpc) is 2.90. The molecule has 0 spiro atoms. The van der Waals surface area contributed by atoms with Gasteiger partial charge in [0, 0.05) is 5.54 Å². The van der Waals surface area contributed by atoms with Crippen LogP contribution in [0.4, 0.5) is 4.39 Å². The first kappa shape index (κ1) is 15.5. The first-order valence-corrected chi connectivity index (χ1v) is 7.76. The second-order valence-electron chi connectivity index (χ2n) is 6.15. The van der Waals surface area contributed by atoms with E-state index in [1.807, 2.05) is 6.07 Å². The van der Waals surface area contributed by atoms with Crippen LogP contribution in [0.1, 0.15) is 50.6 Å². The van der Waals surface area contributed by atoms with E-state index in [0.29, 0.717) is 0 Å². The summed E-state index contributed by atoms with van der Waals surface area (Å²) in [5, 5.41) is 3.67. The van der Waals surface area contributed by atoms with Gasteiger partial charge in [0.05, 0.1) is 6.04 Å². The van der Waals surface area contributed by atoms with Gasteiger partial charge in [-0.3, -0.25) is 0 Å². The molecule has 0 amide bonds. The molecule has 1 saturated carbocycles. The van der Waals surface area contributed by atoms with E-state index < -0.39 is 0 Å². The van der Waals surface area contributed by atoms with Gasteiger partial charge in [0.2, 0.25) is 0 Å². The van der Waals surface area contributed by atoms with Gasteiger partial charge in [-0.1, -0.05) is 31.9 Å². The lowest BCUT2D eigenvalue weighted by atomic mass is 9.82. The van der Waals surface area contributed by atoms with Crippen LogP contribution in [0.3, 0.4) is 0 Å². The van der Waals surface area contributed by atoms with Gasteiger partial charge in [0.1, 0.15) is 5.82 Å². The van der Waals surface area contributed by atoms with Crippen LogP contribution in [0.2, 0.25) is 0 Å². The first-order valence-electron chi connectivity index (χ1n) is 7.76. The van der Waals surface area contributed by atoms with Gasteiger partial charge in [0.15, 0.2) is 0 Å². The summed E-state index contributed by atoms with van der Waals surface area (Å²) in [6.45, 7) is 3.14. The molecule has 1 atom stereocenters. The minimum absolute atomic E-state index is 0.114. The molecule has 0 radical (unpaired) electrons. The molecule has 112 valence electrons. The second kappa shape index (κ2) is 6.68. The maximum Gasteiger partial charge on any atom is 0.123 e. The third kappa shape index (κ3) is 3.04. The molecular weight excluding hydrogens is 251 g/mol. The molecule has 1 aliphatic carbocycles. The zero-order chi connectivity index (χ0) is 14.6. The predicted octanol–water partition coefficient (Wildman–Crippen LogP) is 3.74. The van der Waals surface area contributed by atoms with E-state index in [9.17, 15) is 4.39 Å². The van der Waals surface area contributed by atoms with Crippen LogP contribution >= 0.6 is 0 Å². The molecule has 3 heteroatoms. The van der Waals surface area contributed by atoms with Crippen LogP contribution in [0.5, 0.6) is 0 Å². The van der Waals surface area contributed by atoms with E-state index in [2.05, 4.69) is 37.3 Å². The van der Waals surface area contributed by atoms with Gasteiger partial charge in [0.25, 0.3) is 0 Å². The van der Waals surface area contributed by atoms with Crippen molar-refractivity contribution >= 4 is 0 Å². The SMILES string of the molecule is CCCNC(c1cccc(F)c1)C1(N(C)C)CCCC1. The van der Waals surface area contributed by atoms with Crippen molar-refractivity contribution in [2.75, 3.05) is 20.6 Å². The van der Waals surface area contributed by atoms with Gasteiger partial charge in [-0.05, 0) is 57.6 Å². The number of nitrogens with zero attached hydrogens (tertiary/aromatic N) is 1. The van der Waals surface area contributed by atoms with E-state index >= 15 is 0 Å². The molecule has 2 nitrogen and oxygen atoms in total. The Kier molecular flexibility index (Phi) is 5.17. The first-order chi connectivity index (χ1) is 9.60. The lowest BCUT2D eigenvalue weighted by molar-refractivity contribution is 0.104. The van der Waals surface area contributed by atoms with Crippen molar-refractivity contribution in [2.45, 2.75) is 50.6 Å². The quantitative estimate of drug-likeness (QED) is 0.852. The van der Waals surface area contributed by atoms with Gasteiger partial charge >= 0.3 is 0 Å². The molecule has 1 fully saturated rings. The Hall–Kier alpha value is -0.930. The molecule has 0 heterocycles. The minimum Gasteiger partial charge on any atom is -0.308 e. The van der Waals surface area contributed by atoms with E-state index in [0.717, 1.165) is 18.5 Å². The zero-order valence-electron chi connectivity index (χ0n) is 13.0. The van der Waals surface area contributed by atoms with Crippen molar-refractivity contribution in [1.29, 1.82) is 0 Å². The van der Waals surface area contributed by atoms with Crippen LogP contribution in [-0.2, 0) is 0 Å². The fourth-order valence-corrected chi connectivity index (χ4v) is 3.57. The molecule has 20 heavy (non-hydrogen) atoms. The third-order valence-electron chi connectivity index (χ3n) is 4.68. The molecule has 1 aromatic rings. The van der Waals surface area contributed by atoms with Crippen LogP contribution in [0, 0.1) is 5.82 Å². The summed E-state index contributed by atoms with van der Waals surface area (Å²) in [6.07, 6.45) is 5.97. The Balaban J connectivity index is 2.35. The Labute approximate surface area is 122 Å². The largest absolute Gasteiger partial charge is 0.308 e. The summed E-state index contributed by atoms with van der Waals surface area (Å²) in [5.74, 6) is -0.141. The minimum atomic E-state index is -0.141. The summed E-state index contributed by atoms with van der Waals surface area (Å²) in [5.41, 5.74) is 1.19. The summed E-state index contributed by atoms with van der Waals surface area (Å²) in [6, 6.07) is 7.30. The molecule has 0 aromatic heterocycles. The highest BCUT2D eigenvalue weighted by Gasteiger charge is 2.43. The van der Waals surface area contributed by atoms with Gasteiger partial charge in [-0.25, -0.2) is 4.39 Å². The lowest BCUT2D eigenvalue weighted by Crippen LogP contribution is -2.52. The maximum atomic E-state index is 13.6. The van der Waals surface area contributed by atoms with Gasteiger partial charge in [-0.2, -0.15) is 0 Å². The average molecular weight is 278 g/mol. The fourth-order valence-electron chi connectivity index (χ4n) is 3.57. The van der Waals surface area contributed by atoms with Gasteiger partial charge in [-0.15, -0.1) is 0 Å². The predicted molar refractivity (Wildman–Crippen MR) is 82.3 cm³/mol. The summed E-state index contributed by atoms with van der Waals surface area (Å²) in [4.78, 5) is 2.35. The zero-order valence-corrected chi connectivity index (χ0v) is 13.0. The van der Waals surface area contributed by atoms with Crippen LogP contribution in [-0.4, -0.2) is 31.1 Å². The monoisotopic (exact) mass is 278 g/mol. The van der Waals surface area contributed by atoms with Crippen molar-refractivity contribution in [2.24, 2.45) is 0 Å². The molecule has 0 saturated heterocycles.